The highest BCUT2D eigenvalue weighted by molar-refractivity contribution is 5.79. The average Bonchev–Trinajstić information content (AvgIpc) is 2.30. The highest BCUT2D eigenvalue weighted by Gasteiger charge is 2.14. The summed E-state index contributed by atoms with van der Waals surface area (Å²) in [6.07, 6.45) is 0. The van der Waals surface area contributed by atoms with Crippen LogP contribution >= 0.6 is 0 Å². The first kappa shape index (κ1) is 14.6. The fourth-order valence-electron chi connectivity index (χ4n) is 1.61. The zero-order valence-corrected chi connectivity index (χ0v) is 10.1. The largest absolute Gasteiger partial charge is 0.369 e. The van der Waals surface area contributed by atoms with E-state index >= 15 is 0 Å². The molecule has 6 nitrogen and oxygen atoms in total. The van der Waals surface area contributed by atoms with Crippen LogP contribution in [0.4, 0.5) is 4.39 Å². The van der Waals surface area contributed by atoms with Crippen molar-refractivity contribution in [3.8, 4) is 6.07 Å². The predicted octanol–water partition coefficient (Wildman–Crippen LogP) is -0.530. The second-order valence-electron chi connectivity index (χ2n) is 4.00. The van der Waals surface area contributed by atoms with E-state index in [0.29, 0.717) is 0 Å². The maximum absolute atomic E-state index is 13.6. The van der Waals surface area contributed by atoms with Gasteiger partial charge < -0.3 is 11.5 Å². The molecule has 1 aromatic carbocycles. The first-order valence-electron chi connectivity index (χ1n) is 5.40. The van der Waals surface area contributed by atoms with Crippen LogP contribution in [0.5, 0.6) is 0 Å². The van der Waals surface area contributed by atoms with Gasteiger partial charge in [0, 0.05) is 12.1 Å². The zero-order chi connectivity index (χ0) is 14.4. The number of carbonyl (C=O) groups excluding carboxylic acids is 2. The molecule has 19 heavy (non-hydrogen) atoms. The first-order valence-corrected chi connectivity index (χ1v) is 5.40. The van der Waals surface area contributed by atoms with Gasteiger partial charge in [0.15, 0.2) is 0 Å². The normalized spacial score (nSPS) is 10.2. The zero-order valence-electron chi connectivity index (χ0n) is 10.1. The van der Waals surface area contributed by atoms with E-state index in [1.54, 1.807) is 0 Å². The van der Waals surface area contributed by atoms with E-state index in [2.05, 4.69) is 0 Å². The predicted molar refractivity (Wildman–Crippen MR) is 64.8 cm³/mol. The lowest BCUT2D eigenvalue weighted by atomic mass is 10.1. The van der Waals surface area contributed by atoms with Crippen LogP contribution < -0.4 is 11.5 Å². The number of benzene rings is 1. The molecule has 0 aromatic heterocycles. The van der Waals surface area contributed by atoms with Gasteiger partial charge in [-0.3, -0.25) is 14.5 Å². The third-order valence-corrected chi connectivity index (χ3v) is 2.33. The molecule has 0 radical (unpaired) electrons. The van der Waals surface area contributed by atoms with Crippen LogP contribution in [0.3, 0.4) is 0 Å². The van der Waals surface area contributed by atoms with E-state index in [1.165, 1.54) is 17.0 Å². The lowest BCUT2D eigenvalue weighted by molar-refractivity contribution is -0.122. The topological polar surface area (TPSA) is 113 Å². The van der Waals surface area contributed by atoms with Gasteiger partial charge in [-0.15, -0.1) is 0 Å². The number of nitriles is 1. The third kappa shape index (κ3) is 4.73. The number of amides is 2. The maximum Gasteiger partial charge on any atom is 0.231 e. The Kier molecular flexibility index (Phi) is 4.97. The second-order valence-corrected chi connectivity index (χ2v) is 4.00. The molecule has 0 fully saturated rings. The molecule has 1 aromatic rings. The van der Waals surface area contributed by atoms with Gasteiger partial charge in [0.25, 0.3) is 0 Å². The summed E-state index contributed by atoms with van der Waals surface area (Å²) in [4.78, 5) is 23.1. The Morgan fingerprint density at radius 3 is 2.32 bits per heavy atom. The molecular formula is C12H13FN4O2. The molecular weight excluding hydrogens is 251 g/mol. The standard InChI is InChI=1S/C12H13FN4O2/c13-10-2-1-8(4-14)3-9(10)5-17(6-11(15)18)7-12(16)19/h1-3H,5-7H2,(H2,15,18)(H2,16,19). The maximum atomic E-state index is 13.6. The number of hydrogen-bond donors (Lipinski definition) is 2. The number of carbonyl (C=O) groups is 2. The van der Waals surface area contributed by atoms with Crippen molar-refractivity contribution in [2.45, 2.75) is 6.54 Å². The van der Waals surface area contributed by atoms with E-state index in [-0.39, 0.29) is 30.8 Å². The average molecular weight is 264 g/mol. The summed E-state index contributed by atoms with van der Waals surface area (Å²) in [5.41, 5.74) is 10.6. The third-order valence-electron chi connectivity index (χ3n) is 2.33. The SMILES string of the molecule is N#Cc1ccc(F)c(CN(CC(N)=O)CC(N)=O)c1. The van der Waals surface area contributed by atoms with Gasteiger partial charge in [-0.05, 0) is 18.2 Å². The van der Waals surface area contributed by atoms with Crippen molar-refractivity contribution < 1.29 is 14.0 Å². The summed E-state index contributed by atoms with van der Waals surface area (Å²) < 4.78 is 13.6. The Bertz CT molecular complexity index is 523. The molecule has 0 aliphatic rings. The van der Waals surface area contributed by atoms with E-state index < -0.39 is 17.6 Å². The van der Waals surface area contributed by atoms with E-state index in [9.17, 15) is 14.0 Å². The van der Waals surface area contributed by atoms with Crippen molar-refractivity contribution in [2.75, 3.05) is 13.1 Å². The fourth-order valence-corrected chi connectivity index (χ4v) is 1.61. The molecule has 2 amide bonds. The molecule has 100 valence electrons. The van der Waals surface area contributed by atoms with Crippen LogP contribution in [0.15, 0.2) is 18.2 Å². The molecule has 0 saturated carbocycles. The van der Waals surface area contributed by atoms with Gasteiger partial charge in [-0.25, -0.2) is 4.39 Å². The van der Waals surface area contributed by atoms with E-state index in [1.807, 2.05) is 6.07 Å². The van der Waals surface area contributed by atoms with Gasteiger partial charge in [0.05, 0.1) is 24.7 Å². The molecule has 0 bridgehead atoms. The minimum Gasteiger partial charge on any atom is -0.369 e. The molecule has 0 unspecified atom stereocenters. The van der Waals surface area contributed by atoms with Gasteiger partial charge in [-0.1, -0.05) is 0 Å². The van der Waals surface area contributed by atoms with Crippen LogP contribution in [0.1, 0.15) is 11.1 Å². The summed E-state index contributed by atoms with van der Waals surface area (Å²) in [5.74, 6) is -1.84. The molecule has 4 N–H and O–H groups in total. The van der Waals surface area contributed by atoms with Crippen molar-refractivity contribution in [2.24, 2.45) is 11.5 Å². The highest BCUT2D eigenvalue weighted by atomic mass is 19.1. The molecule has 0 saturated heterocycles. The quantitative estimate of drug-likeness (QED) is 0.718. The van der Waals surface area contributed by atoms with Crippen LogP contribution in [-0.2, 0) is 16.1 Å². The molecule has 0 heterocycles. The van der Waals surface area contributed by atoms with E-state index in [4.69, 9.17) is 16.7 Å². The summed E-state index contributed by atoms with van der Waals surface area (Å²) in [5, 5.41) is 8.74. The number of nitrogens with two attached hydrogens (primary N) is 2. The number of rotatable bonds is 6. The molecule has 0 atom stereocenters. The minimum absolute atomic E-state index is 0.0345. The highest BCUT2D eigenvalue weighted by Crippen LogP contribution is 2.12. The Morgan fingerprint density at radius 1 is 1.26 bits per heavy atom. The monoisotopic (exact) mass is 264 g/mol. The van der Waals surface area contributed by atoms with Gasteiger partial charge in [0.2, 0.25) is 11.8 Å². The molecule has 7 heteroatoms. The summed E-state index contributed by atoms with van der Waals surface area (Å²) in [6, 6.07) is 5.72. The summed E-state index contributed by atoms with van der Waals surface area (Å²) >= 11 is 0. The number of hydrogen-bond acceptors (Lipinski definition) is 4. The van der Waals surface area contributed by atoms with Gasteiger partial charge in [0.1, 0.15) is 5.82 Å². The summed E-state index contributed by atoms with van der Waals surface area (Å²) in [6.45, 7) is -0.481. The lowest BCUT2D eigenvalue weighted by Crippen LogP contribution is -2.39. The van der Waals surface area contributed by atoms with Crippen LogP contribution in [-0.4, -0.2) is 29.8 Å². The Hall–Kier alpha value is -2.46. The smallest absolute Gasteiger partial charge is 0.231 e. The van der Waals surface area contributed by atoms with Crippen LogP contribution in [0.2, 0.25) is 0 Å². The Labute approximate surface area is 109 Å². The first-order chi connectivity index (χ1) is 8.92. The summed E-state index contributed by atoms with van der Waals surface area (Å²) in [7, 11) is 0. The molecule has 0 aliphatic heterocycles. The number of primary amides is 2. The van der Waals surface area contributed by atoms with Gasteiger partial charge >= 0.3 is 0 Å². The van der Waals surface area contributed by atoms with Crippen molar-refractivity contribution in [1.29, 1.82) is 5.26 Å². The van der Waals surface area contributed by atoms with Crippen molar-refractivity contribution >= 4 is 11.8 Å². The molecule has 0 aliphatic carbocycles. The Morgan fingerprint density at radius 2 is 1.84 bits per heavy atom. The number of halogens is 1. The van der Waals surface area contributed by atoms with Crippen molar-refractivity contribution in [1.82, 2.24) is 4.90 Å². The molecule has 0 spiro atoms. The van der Waals surface area contributed by atoms with Crippen molar-refractivity contribution in [3.63, 3.8) is 0 Å². The molecule has 1 rings (SSSR count). The Balaban J connectivity index is 2.91. The van der Waals surface area contributed by atoms with Crippen molar-refractivity contribution in [3.05, 3.63) is 35.1 Å². The number of nitrogens with zero attached hydrogens (tertiary/aromatic N) is 2. The lowest BCUT2D eigenvalue weighted by Gasteiger charge is -2.19. The minimum atomic E-state index is -0.655. The fraction of sp³-hybridized carbons (Fsp3) is 0.250. The van der Waals surface area contributed by atoms with E-state index in [0.717, 1.165) is 6.07 Å². The van der Waals surface area contributed by atoms with Gasteiger partial charge in [-0.2, -0.15) is 5.26 Å². The second kappa shape index (κ2) is 6.47. The van der Waals surface area contributed by atoms with Crippen LogP contribution in [0.25, 0.3) is 0 Å². The van der Waals surface area contributed by atoms with Crippen LogP contribution in [0, 0.1) is 17.1 Å².